The Morgan fingerprint density at radius 2 is 2.27 bits per heavy atom. The van der Waals surface area contributed by atoms with Crippen molar-refractivity contribution in [1.82, 2.24) is 9.55 Å². The molecule has 0 aliphatic rings. The molecule has 0 saturated carbocycles. The zero-order chi connectivity index (χ0) is 11.5. The van der Waals surface area contributed by atoms with E-state index in [0.717, 1.165) is 24.4 Å². The zero-order valence-corrected chi connectivity index (χ0v) is 9.75. The van der Waals surface area contributed by atoms with Crippen molar-refractivity contribution in [3.63, 3.8) is 0 Å². The number of imidazole rings is 1. The van der Waals surface area contributed by atoms with Gasteiger partial charge < -0.3 is 9.98 Å². The number of aromatic nitrogens is 2. The van der Waals surface area contributed by atoms with Gasteiger partial charge in [-0.25, -0.2) is 4.98 Å². The van der Waals surface area contributed by atoms with Crippen molar-refractivity contribution < 1.29 is 0 Å². The number of nitrogens with one attached hydrogen (secondary N) is 1. The highest BCUT2D eigenvalue weighted by Crippen LogP contribution is 2.27. The van der Waals surface area contributed by atoms with Crippen LogP contribution in [0.2, 0.25) is 0 Å². The highest BCUT2D eigenvalue weighted by Gasteiger charge is 2.23. The Morgan fingerprint density at radius 1 is 1.60 bits per heavy atom. The molecular weight excluding hydrogens is 186 g/mol. The molecule has 3 nitrogen and oxygen atoms in total. The maximum atomic E-state index is 7.06. The molecule has 0 fully saturated rings. The van der Waals surface area contributed by atoms with Crippen LogP contribution in [0.1, 0.15) is 38.2 Å². The molecule has 3 heteroatoms. The van der Waals surface area contributed by atoms with Crippen LogP contribution in [0.3, 0.4) is 0 Å². The lowest BCUT2D eigenvalue weighted by Crippen LogP contribution is -2.17. The molecule has 0 amide bonds. The van der Waals surface area contributed by atoms with Gasteiger partial charge in [0.05, 0.1) is 5.69 Å². The molecule has 1 aromatic rings. The lowest BCUT2D eigenvalue weighted by Gasteiger charge is -2.21. The molecular formula is C12H19N3. The van der Waals surface area contributed by atoms with Crippen LogP contribution < -0.4 is 0 Å². The standard InChI is InChI=1S/C12H19N3/c1-5-11-14-10(9-15(11)4)12(2,3)7-6-8-13/h5,8-9,13H,1,6-7H2,2-4H3. The molecule has 82 valence electrons. The van der Waals surface area contributed by atoms with Gasteiger partial charge in [0.25, 0.3) is 0 Å². The van der Waals surface area contributed by atoms with E-state index in [1.807, 2.05) is 17.8 Å². The van der Waals surface area contributed by atoms with Crippen molar-refractivity contribution in [3.05, 3.63) is 24.3 Å². The minimum atomic E-state index is 0.0244. The summed E-state index contributed by atoms with van der Waals surface area (Å²) in [4.78, 5) is 4.52. The number of hydrogen-bond donors (Lipinski definition) is 1. The third-order valence-electron chi connectivity index (χ3n) is 2.70. The first kappa shape index (κ1) is 11.7. The van der Waals surface area contributed by atoms with E-state index in [4.69, 9.17) is 5.41 Å². The van der Waals surface area contributed by atoms with Crippen LogP contribution in [0.4, 0.5) is 0 Å². The fourth-order valence-corrected chi connectivity index (χ4v) is 1.56. The summed E-state index contributed by atoms with van der Waals surface area (Å²) in [6, 6.07) is 0. The summed E-state index contributed by atoms with van der Waals surface area (Å²) in [5, 5.41) is 7.06. The van der Waals surface area contributed by atoms with Crippen LogP contribution in [0.25, 0.3) is 6.08 Å². The Morgan fingerprint density at radius 3 is 2.73 bits per heavy atom. The average molecular weight is 205 g/mol. The van der Waals surface area contributed by atoms with Gasteiger partial charge in [-0.1, -0.05) is 20.4 Å². The average Bonchev–Trinajstić information content (AvgIpc) is 2.57. The summed E-state index contributed by atoms with van der Waals surface area (Å²) in [5.41, 5.74) is 1.10. The summed E-state index contributed by atoms with van der Waals surface area (Å²) in [6.07, 6.45) is 7.01. The predicted octanol–water partition coefficient (Wildman–Crippen LogP) is 2.77. The molecule has 1 heterocycles. The highest BCUT2D eigenvalue weighted by molar-refractivity contribution is 5.53. The van der Waals surface area contributed by atoms with E-state index in [2.05, 4.69) is 25.4 Å². The lowest BCUT2D eigenvalue weighted by molar-refractivity contribution is 0.479. The topological polar surface area (TPSA) is 41.7 Å². The van der Waals surface area contributed by atoms with E-state index in [0.29, 0.717) is 0 Å². The van der Waals surface area contributed by atoms with Gasteiger partial charge in [0.2, 0.25) is 0 Å². The molecule has 1 aromatic heterocycles. The molecule has 0 saturated heterocycles. The Labute approximate surface area is 91.4 Å². The number of rotatable bonds is 5. The van der Waals surface area contributed by atoms with Crippen molar-refractivity contribution in [3.8, 4) is 0 Å². The Balaban J connectivity index is 2.93. The van der Waals surface area contributed by atoms with Gasteiger partial charge >= 0.3 is 0 Å². The maximum absolute atomic E-state index is 7.06. The highest BCUT2D eigenvalue weighted by atomic mass is 15.0. The SMILES string of the molecule is C=Cc1nc(C(C)(C)CCC=N)cn1C. The second-order valence-electron chi connectivity index (χ2n) is 4.43. The van der Waals surface area contributed by atoms with E-state index in [1.54, 1.807) is 6.08 Å². The first-order valence-electron chi connectivity index (χ1n) is 5.16. The van der Waals surface area contributed by atoms with E-state index in [-0.39, 0.29) is 5.41 Å². The fourth-order valence-electron chi connectivity index (χ4n) is 1.56. The molecule has 0 spiro atoms. The normalized spacial score (nSPS) is 11.4. The fraction of sp³-hybridized carbons (Fsp3) is 0.500. The molecule has 0 atom stereocenters. The summed E-state index contributed by atoms with van der Waals surface area (Å²) in [7, 11) is 1.97. The predicted molar refractivity (Wildman–Crippen MR) is 64.3 cm³/mol. The minimum absolute atomic E-state index is 0.0244. The Hall–Kier alpha value is -1.38. The maximum Gasteiger partial charge on any atom is 0.132 e. The molecule has 0 aliphatic heterocycles. The summed E-state index contributed by atoms with van der Waals surface area (Å²) in [6.45, 7) is 8.05. The summed E-state index contributed by atoms with van der Waals surface area (Å²) >= 11 is 0. The third-order valence-corrected chi connectivity index (χ3v) is 2.70. The van der Waals surface area contributed by atoms with Gasteiger partial charge in [-0.3, -0.25) is 0 Å². The van der Waals surface area contributed by atoms with Crippen LogP contribution in [0.5, 0.6) is 0 Å². The van der Waals surface area contributed by atoms with Gasteiger partial charge in [-0.05, 0) is 25.1 Å². The smallest absolute Gasteiger partial charge is 0.132 e. The van der Waals surface area contributed by atoms with E-state index in [1.165, 1.54) is 6.21 Å². The number of hydrogen-bond acceptors (Lipinski definition) is 2. The molecule has 0 bridgehead atoms. The molecule has 15 heavy (non-hydrogen) atoms. The third kappa shape index (κ3) is 2.55. The Kier molecular flexibility index (Phi) is 3.45. The first-order chi connectivity index (χ1) is 7.01. The van der Waals surface area contributed by atoms with Gasteiger partial charge in [0.1, 0.15) is 5.82 Å². The van der Waals surface area contributed by atoms with Crippen LogP contribution in [0.15, 0.2) is 12.8 Å². The molecule has 0 radical (unpaired) electrons. The van der Waals surface area contributed by atoms with E-state index in [9.17, 15) is 0 Å². The largest absolute Gasteiger partial charge is 0.334 e. The molecule has 0 unspecified atom stereocenters. The number of nitrogens with zero attached hydrogens (tertiary/aromatic N) is 2. The molecule has 0 aliphatic carbocycles. The minimum Gasteiger partial charge on any atom is -0.334 e. The van der Waals surface area contributed by atoms with E-state index >= 15 is 0 Å². The van der Waals surface area contributed by atoms with Crippen LogP contribution in [0, 0.1) is 5.41 Å². The zero-order valence-electron chi connectivity index (χ0n) is 9.75. The second kappa shape index (κ2) is 4.43. The van der Waals surface area contributed by atoms with Crippen molar-refractivity contribution in [2.24, 2.45) is 7.05 Å². The second-order valence-corrected chi connectivity index (χ2v) is 4.43. The van der Waals surface area contributed by atoms with Crippen LogP contribution in [-0.4, -0.2) is 15.8 Å². The molecule has 1 N–H and O–H groups in total. The van der Waals surface area contributed by atoms with Crippen LogP contribution in [-0.2, 0) is 12.5 Å². The lowest BCUT2D eigenvalue weighted by atomic mass is 9.85. The van der Waals surface area contributed by atoms with Gasteiger partial charge in [-0.15, -0.1) is 0 Å². The van der Waals surface area contributed by atoms with Crippen molar-refractivity contribution in [2.45, 2.75) is 32.1 Å². The molecule has 1 rings (SSSR count). The van der Waals surface area contributed by atoms with Gasteiger partial charge in [-0.2, -0.15) is 0 Å². The summed E-state index contributed by atoms with van der Waals surface area (Å²) < 4.78 is 1.98. The van der Waals surface area contributed by atoms with Crippen molar-refractivity contribution in [2.75, 3.05) is 0 Å². The van der Waals surface area contributed by atoms with Crippen LogP contribution >= 0.6 is 0 Å². The summed E-state index contributed by atoms with van der Waals surface area (Å²) in [5.74, 6) is 0.896. The quantitative estimate of drug-likeness (QED) is 0.738. The van der Waals surface area contributed by atoms with Crippen molar-refractivity contribution in [1.29, 1.82) is 5.41 Å². The molecule has 0 aromatic carbocycles. The number of aryl methyl sites for hydroxylation is 1. The van der Waals surface area contributed by atoms with E-state index < -0.39 is 0 Å². The monoisotopic (exact) mass is 205 g/mol. The van der Waals surface area contributed by atoms with Gasteiger partial charge in [0, 0.05) is 18.7 Å². The van der Waals surface area contributed by atoms with Gasteiger partial charge in [0.15, 0.2) is 0 Å². The van der Waals surface area contributed by atoms with Crippen molar-refractivity contribution >= 4 is 12.3 Å². The first-order valence-corrected chi connectivity index (χ1v) is 5.16. The Bertz CT molecular complexity index is 361.